The smallest absolute Gasteiger partial charge is 0.222 e. The molecule has 0 spiro atoms. The Labute approximate surface area is 98.4 Å². The van der Waals surface area contributed by atoms with E-state index >= 15 is 0 Å². The van der Waals surface area contributed by atoms with E-state index in [0.29, 0.717) is 19.6 Å². The van der Waals surface area contributed by atoms with Crippen LogP contribution in [0.1, 0.15) is 47.5 Å². The van der Waals surface area contributed by atoms with E-state index in [4.69, 9.17) is 4.74 Å². The first-order chi connectivity index (χ1) is 7.20. The molecule has 16 heavy (non-hydrogen) atoms. The number of amides is 1. The number of hydrogen-bond donors (Lipinski definition) is 2. The Balaban J connectivity index is 3.96. The SMILES string of the molecule is CCCOCCC(=O)NC(C)(C)C(C)(C)O. The van der Waals surface area contributed by atoms with Crippen LogP contribution in [0.25, 0.3) is 0 Å². The highest BCUT2D eigenvalue weighted by atomic mass is 16.5. The van der Waals surface area contributed by atoms with Crippen LogP contribution in [0.2, 0.25) is 0 Å². The summed E-state index contributed by atoms with van der Waals surface area (Å²) in [6.07, 6.45) is 1.29. The first-order valence-corrected chi connectivity index (χ1v) is 5.82. The number of rotatable bonds is 7. The van der Waals surface area contributed by atoms with Gasteiger partial charge in [-0.05, 0) is 34.1 Å². The second-order valence-electron chi connectivity index (χ2n) is 5.09. The molecule has 0 aromatic rings. The van der Waals surface area contributed by atoms with Crippen LogP contribution < -0.4 is 5.32 Å². The second kappa shape index (κ2) is 6.21. The van der Waals surface area contributed by atoms with Crippen LogP contribution in [0.4, 0.5) is 0 Å². The number of carbonyl (C=O) groups excluding carboxylic acids is 1. The van der Waals surface area contributed by atoms with E-state index in [1.165, 1.54) is 0 Å². The van der Waals surface area contributed by atoms with Crippen molar-refractivity contribution in [3.63, 3.8) is 0 Å². The second-order valence-corrected chi connectivity index (χ2v) is 5.09. The zero-order valence-electron chi connectivity index (χ0n) is 11.1. The van der Waals surface area contributed by atoms with Crippen LogP contribution in [0.3, 0.4) is 0 Å². The van der Waals surface area contributed by atoms with Crippen molar-refractivity contribution in [2.75, 3.05) is 13.2 Å². The van der Waals surface area contributed by atoms with Gasteiger partial charge < -0.3 is 15.2 Å². The Morgan fingerprint density at radius 3 is 2.25 bits per heavy atom. The van der Waals surface area contributed by atoms with Gasteiger partial charge in [-0.1, -0.05) is 6.92 Å². The van der Waals surface area contributed by atoms with Crippen LogP contribution in [0, 0.1) is 0 Å². The van der Waals surface area contributed by atoms with Crippen molar-refractivity contribution >= 4 is 5.91 Å². The summed E-state index contributed by atoms with van der Waals surface area (Å²) in [6, 6.07) is 0. The minimum atomic E-state index is -0.951. The zero-order valence-corrected chi connectivity index (χ0v) is 11.1. The van der Waals surface area contributed by atoms with Gasteiger partial charge in [0.2, 0.25) is 5.91 Å². The van der Waals surface area contributed by atoms with E-state index in [0.717, 1.165) is 6.42 Å². The van der Waals surface area contributed by atoms with E-state index in [9.17, 15) is 9.90 Å². The van der Waals surface area contributed by atoms with Crippen LogP contribution >= 0.6 is 0 Å². The van der Waals surface area contributed by atoms with Crippen LogP contribution in [-0.2, 0) is 9.53 Å². The number of hydrogen-bond acceptors (Lipinski definition) is 3. The van der Waals surface area contributed by atoms with Gasteiger partial charge in [-0.25, -0.2) is 0 Å². The lowest BCUT2D eigenvalue weighted by Gasteiger charge is -2.38. The largest absolute Gasteiger partial charge is 0.388 e. The highest BCUT2D eigenvalue weighted by Gasteiger charge is 2.35. The number of nitrogens with one attached hydrogen (secondary N) is 1. The molecule has 0 fully saturated rings. The summed E-state index contributed by atoms with van der Waals surface area (Å²) in [5.41, 5.74) is -1.60. The van der Waals surface area contributed by atoms with Gasteiger partial charge in [-0.2, -0.15) is 0 Å². The molecule has 0 aromatic heterocycles. The summed E-state index contributed by atoms with van der Waals surface area (Å²) in [7, 11) is 0. The quantitative estimate of drug-likeness (QED) is 0.652. The molecule has 0 aliphatic carbocycles. The Morgan fingerprint density at radius 2 is 1.81 bits per heavy atom. The van der Waals surface area contributed by atoms with Gasteiger partial charge in [0, 0.05) is 13.0 Å². The first-order valence-electron chi connectivity index (χ1n) is 5.82. The third-order valence-corrected chi connectivity index (χ3v) is 2.80. The van der Waals surface area contributed by atoms with E-state index in [2.05, 4.69) is 5.32 Å². The van der Waals surface area contributed by atoms with Crippen molar-refractivity contribution in [2.24, 2.45) is 0 Å². The Hall–Kier alpha value is -0.610. The van der Waals surface area contributed by atoms with Gasteiger partial charge in [-0.3, -0.25) is 4.79 Å². The molecule has 4 nitrogen and oxygen atoms in total. The fraction of sp³-hybridized carbons (Fsp3) is 0.917. The van der Waals surface area contributed by atoms with Crippen molar-refractivity contribution in [1.82, 2.24) is 5.32 Å². The molecule has 0 heterocycles. The molecular weight excluding hydrogens is 206 g/mol. The minimum Gasteiger partial charge on any atom is -0.388 e. The van der Waals surface area contributed by atoms with E-state index in [-0.39, 0.29) is 5.91 Å². The normalized spacial score (nSPS) is 12.6. The van der Waals surface area contributed by atoms with Gasteiger partial charge in [-0.15, -0.1) is 0 Å². The van der Waals surface area contributed by atoms with Gasteiger partial charge in [0.25, 0.3) is 0 Å². The molecule has 2 N–H and O–H groups in total. The predicted molar refractivity (Wildman–Crippen MR) is 64.2 cm³/mol. The lowest BCUT2D eigenvalue weighted by Crippen LogP contribution is -2.57. The number of ether oxygens (including phenoxy) is 1. The summed E-state index contributed by atoms with van der Waals surface area (Å²) in [5.74, 6) is -0.0942. The molecule has 0 unspecified atom stereocenters. The van der Waals surface area contributed by atoms with Gasteiger partial charge in [0.05, 0.1) is 17.7 Å². The molecule has 0 radical (unpaired) electrons. The maximum Gasteiger partial charge on any atom is 0.222 e. The fourth-order valence-electron chi connectivity index (χ4n) is 0.975. The summed E-state index contributed by atoms with van der Waals surface area (Å²) in [4.78, 5) is 11.6. The summed E-state index contributed by atoms with van der Waals surface area (Å²) >= 11 is 0. The van der Waals surface area contributed by atoms with E-state index in [1.807, 2.05) is 6.92 Å². The van der Waals surface area contributed by atoms with Gasteiger partial charge >= 0.3 is 0 Å². The Kier molecular flexibility index (Phi) is 5.97. The molecule has 0 aromatic carbocycles. The third kappa shape index (κ3) is 5.47. The van der Waals surface area contributed by atoms with Crippen LogP contribution in [0.15, 0.2) is 0 Å². The van der Waals surface area contributed by atoms with Gasteiger partial charge in [0.15, 0.2) is 0 Å². The number of aliphatic hydroxyl groups is 1. The molecular formula is C12H25NO3. The molecule has 1 amide bonds. The topological polar surface area (TPSA) is 58.6 Å². The molecule has 0 bridgehead atoms. The van der Waals surface area contributed by atoms with Crippen molar-refractivity contribution < 1.29 is 14.6 Å². The first kappa shape index (κ1) is 15.4. The van der Waals surface area contributed by atoms with Crippen LogP contribution in [-0.4, -0.2) is 35.4 Å². The lowest BCUT2D eigenvalue weighted by molar-refractivity contribution is -0.127. The molecule has 0 aliphatic rings. The highest BCUT2D eigenvalue weighted by Crippen LogP contribution is 2.20. The van der Waals surface area contributed by atoms with Crippen LogP contribution in [0.5, 0.6) is 0 Å². The summed E-state index contributed by atoms with van der Waals surface area (Å²) in [6.45, 7) is 10.1. The Morgan fingerprint density at radius 1 is 1.25 bits per heavy atom. The maximum absolute atomic E-state index is 11.6. The van der Waals surface area contributed by atoms with Crippen molar-refractivity contribution in [3.05, 3.63) is 0 Å². The minimum absolute atomic E-state index is 0.0942. The molecule has 0 aliphatic heterocycles. The standard InChI is InChI=1S/C12H25NO3/c1-6-8-16-9-7-10(14)13-11(2,3)12(4,5)15/h15H,6-9H2,1-5H3,(H,13,14). The van der Waals surface area contributed by atoms with Gasteiger partial charge in [0.1, 0.15) is 0 Å². The van der Waals surface area contributed by atoms with Crippen molar-refractivity contribution in [3.8, 4) is 0 Å². The summed E-state index contributed by atoms with van der Waals surface area (Å²) in [5, 5.41) is 12.7. The van der Waals surface area contributed by atoms with E-state index < -0.39 is 11.1 Å². The third-order valence-electron chi connectivity index (χ3n) is 2.80. The molecule has 0 saturated heterocycles. The fourth-order valence-corrected chi connectivity index (χ4v) is 0.975. The molecule has 96 valence electrons. The summed E-state index contributed by atoms with van der Waals surface area (Å²) < 4.78 is 5.23. The molecule has 0 rings (SSSR count). The molecule has 4 heteroatoms. The lowest BCUT2D eigenvalue weighted by atomic mass is 9.86. The zero-order chi connectivity index (χ0) is 12.8. The highest BCUT2D eigenvalue weighted by molar-refractivity contribution is 5.76. The van der Waals surface area contributed by atoms with Crippen molar-refractivity contribution in [1.29, 1.82) is 0 Å². The molecule has 0 atom stereocenters. The predicted octanol–water partition coefficient (Wildman–Crippen LogP) is 1.47. The monoisotopic (exact) mass is 231 g/mol. The average Bonchev–Trinajstić information content (AvgIpc) is 2.10. The maximum atomic E-state index is 11.6. The van der Waals surface area contributed by atoms with E-state index in [1.54, 1.807) is 27.7 Å². The average molecular weight is 231 g/mol. The Bertz CT molecular complexity index is 219. The number of carbonyl (C=O) groups is 1. The molecule has 0 saturated carbocycles. The van der Waals surface area contributed by atoms with Crippen molar-refractivity contribution in [2.45, 2.75) is 58.6 Å².